The van der Waals surface area contributed by atoms with Crippen LogP contribution in [0.15, 0.2) is 6.33 Å². The molecule has 100 valence electrons. The van der Waals surface area contributed by atoms with Gasteiger partial charge in [-0.05, 0) is 20.8 Å². The Morgan fingerprint density at radius 3 is 2.94 bits per heavy atom. The molecule has 2 heterocycles. The summed E-state index contributed by atoms with van der Waals surface area (Å²) in [6, 6.07) is 0. The normalized spacial score (nSPS) is 23.2. The average Bonchev–Trinajstić information content (AvgIpc) is 2.30. The average molecular weight is 255 g/mol. The van der Waals surface area contributed by atoms with Gasteiger partial charge in [-0.2, -0.15) is 0 Å². The second-order valence-electron chi connectivity index (χ2n) is 5.16. The third-order valence-corrected chi connectivity index (χ3v) is 2.93. The molecule has 0 amide bonds. The minimum Gasteiger partial charge on any atom is -0.394 e. The van der Waals surface area contributed by atoms with Crippen LogP contribution < -0.4 is 4.90 Å². The van der Waals surface area contributed by atoms with E-state index in [0.29, 0.717) is 18.8 Å². The van der Waals surface area contributed by atoms with E-state index in [-0.39, 0.29) is 18.5 Å². The van der Waals surface area contributed by atoms with Crippen molar-refractivity contribution in [2.75, 3.05) is 24.6 Å². The lowest BCUT2D eigenvalue weighted by Gasteiger charge is -2.42. The van der Waals surface area contributed by atoms with Crippen LogP contribution in [0.4, 0.5) is 10.2 Å². The molecule has 0 aromatic carbocycles. The van der Waals surface area contributed by atoms with Gasteiger partial charge in [-0.25, -0.2) is 14.4 Å². The summed E-state index contributed by atoms with van der Waals surface area (Å²) < 4.78 is 19.7. The van der Waals surface area contributed by atoms with E-state index in [1.807, 2.05) is 13.8 Å². The molecule has 1 fully saturated rings. The van der Waals surface area contributed by atoms with Crippen LogP contribution in [-0.4, -0.2) is 46.5 Å². The first-order valence-corrected chi connectivity index (χ1v) is 5.93. The summed E-state index contributed by atoms with van der Waals surface area (Å²) in [4.78, 5) is 9.62. The predicted molar refractivity (Wildman–Crippen MR) is 65.0 cm³/mol. The molecule has 1 aromatic rings. The van der Waals surface area contributed by atoms with Crippen molar-refractivity contribution >= 4 is 5.82 Å². The summed E-state index contributed by atoms with van der Waals surface area (Å²) in [5.41, 5.74) is -0.124. The predicted octanol–water partition coefficient (Wildman–Crippen LogP) is 0.900. The number of rotatable bonds is 2. The third-order valence-electron chi connectivity index (χ3n) is 2.93. The monoisotopic (exact) mass is 255 g/mol. The Labute approximate surface area is 106 Å². The topological polar surface area (TPSA) is 58.5 Å². The Bertz CT molecular complexity index is 439. The van der Waals surface area contributed by atoms with E-state index < -0.39 is 11.4 Å². The number of aromatic nitrogens is 2. The number of aryl methyl sites for hydroxylation is 1. The van der Waals surface area contributed by atoms with Crippen molar-refractivity contribution in [3.8, 4) is 0 Å². The van der Waals surface area contributed by atoms with Crippen LogP contribution in [0.25, 0.3) is 0 Å². The van der Waals surface area contributed by atoms with Gasteiger partial charge in [0.2, 0.25) is 0 Å². The van der Waals surface area contributed by atoms with Crippen LogP contribution in [0.3, 0.4) is 0 Å². The molecule has 0 spiro atoms. The molecule has 0 radical (unpaired) electrons. The lowest BCUT2D eigenvalue weighted by Crippen LogP contribution is -2.54. The van der Waals surface area contributed by atoms with Crippen LogP contribution in [-0.2, 0) is 4.74 Å². The highest BCUT2D eigenvalue weighted by Gasteiger charge is 2.34. The summed E-state index contributed by atoms with van der Waals surface area (Å²) in [6.07, 6.45) is 1.02. The van der Waals surface area contributed by atoms with Crippen LogP contribution in [0, 0.1) is 12.7 Å². The van der Waals surface area contributed by atoms with Gasteiger partial charge in [0.25, 0.3) is 0 Å². The molecular formula is C12H18FN3O2. The van der Waals surface area contributed by atoms with E-state index in [2.05, 4.69) is 9.97 Å². The molecule has 1 aromatic heterocycles. The van der Waals surface area contributed by atoms with Gasteiger partial charge in [0.15, 0.2) is 11.6 Å². The molecule has 0 saturated carbocycles. The second kappa shape index (κ2) is 4.78. The lowest BCUT2D eigenvalue weighted by atomic mass is 10.1. The van der Waals surface area contributed by atoms with Crippen LogP contribution >= 0.6 is 0 Å². The zero-order valence-electron chi connectivity index (χ0n) is 10.9. The van der Waals surface area contributed by atoms with Gasteiger partial charge < -0.3 is 14.7 Å². The molecule has 1 aliphatic heterocycles. The van der Waals surface area contributed by atoms with E-state index in [9.17, 15) is 9.50 Å². The molecule has 18 heavy (non-hydrogen) atoms. The second-order valence-corrected chi connectivity index (χ2v) is 5.16. The quantitative estimate of drug-likeness (QED) is 0.851. The highest BCUT2D eigenvalue weighted by atomic mass is 19.1. The van der Waals surface area contributed by atoms with E-state index in [0.717, 1.165) is 0 Å². The Morgan fingerprint density at radius 2 is 2.28 bits per heavy atom. The summed E-state index contributed by atoms with van der Waals surface area (Å²) in [5, 5.41) is 9.23. The third kappa shape index (κ3) is 2.59. The number of aliphatic hydroxyl groups is 1. The summed E-state index contributed by atoms with van der Waals surface area (Å²) in [7, 11) is 0. The maximum absolute atomic E-state index is 14.0. The number of halogens is 1. The Balaban J connectivity index is 2.29. The fraction of sp³-hybridized carbons (Fsp3) is 0.667. The van der Waals surface area contributed by atoms with Gasteiger partial charge in [0, 0.05) is 13.1 Å². The van der Waals surface area contributed by atoms with Crippen molar-refractivity contribution in [2.45, 2.75) is 32.5 Å². The van der Waals surface area contributed by atoms with Crippen molar-refractivity contribution in [3.05, 3.63) is 17.8 Å². The molecular weight excluding hydrogens is 237 g/mol. The summed E-state index contributed by atoms with van der Waals surface area (Å²) >= 11 is 0. The molecule has 1 atom stereocenters. The van der Waals surface area contributed by atoms with E-state index in [1.54, 1.807) is 11.8 Å². The molecule has 0 aliphatic carbocycles. The molecule has 6 heteroatoms. The van der Waals surface area contributed by atoms with Crippen molar-refractivity contribution in [1.29, 1.82) is 0 Å². The Kier molecular flexibility index (Phi) is 3.49. The Morgan fingerprint density at radius 1 is 1.56 bits per heavy atom. The van der Waals surface area contributed by atoms with Crippen molar-refractivity contribution in [2.24, 2.45) is 0 Å². The maximum Gasteiger partial charge on any atom is 0.186 e. The van der Waals surface area contributed by atoms with E-state index in [1.165, 1.54) is 6.33 Å². The number of nitrogens with zero attached hydrogens (tertiary/aromatic N) is 3. The van der Waals surface area contributed by atoms with Gasteiger partial charge in [0.05, 0.1) is 24.0 Å². The number of anilines is 1. The molecule has 0 bridgehead atoms. The fourth-order valence-electron chi connectivity index (χ4n) is 2.22. The first kappa shape index (κ1) is 13.2. The van der Waals surface area contributed by atoms with Gasteiger partial charge in [-0.3, -0.25) is 0 Å². The van der Waals surface area contributed by atoms with Crippen molar-refractivity contribution < 1.29 is 14.2 Å². The molecule has 2 rings (SSSR count). The van der Waals surface area contributed by atoms with Gasteiger partial charge >= 0.3 is 0 Å². The van der Waals surface area contributed by atoms with Gasteiger partial charge in [-0.15, -0.1) is 0 Å². The minimum atomic E-state index is -0.447. The first-order valence-electron chi connectivity index (χ1n) is 5.93. The smallest absolute Gasteiger partial charge is 0.186 e. The summed E-state index contributed by atoms with van der Waals surface area (Å²) in [5.74, 6) is -0.135. The molecule has 1 aliphatic rings. The SMILES string of the molecule is Cc1ncnc(N2CC(CO)OC(C)(C)C2)c1F. The van der Waals surface area contributed by atoms with Crippen LogP contribution in [0.2, 0.25) is 0 Å². The largest absolute Gasteiger partial charge is 0.394 e. The molecule has 1 N–H and O–H groups in total. The Hall–Kier alpha value is -1.27. The van der Waals surface area contributed by atoms with E-state index >= 15 is 0 Å². The van der Waals surface area contributed by atoms with E-state index in [4.69, 9.17) is 4.74 Å². The van der Waals surface area contributed by atoms with Gasteiger partial charge in [-0.1, -0.05) is 0 Å². The fourth-order valence-corrected chi connectivity index (χ4v) is 2.22. The van der Waals surface area contributed by atoms with Crippen LogP contribution in [0.1, 0.15) is 19.5 Å². The lowest BCUT2D eigenvalue weighted by molar-refractivity contribution is -0.101. The van der Waals surface area contributed by atoms with Gasteiger partial charge in [0.1, 0.15) is 6.33 Å². The number of morpholine rings is 1. The number of ether oxygens (including phenoxy) is 1. The van der Waals surface area contributed by atoms with Crippen molar-refractivity contribution in [3.63, 3.8) is 0 Å². The number of hydrogen-bond donors (Lipinski definition) is 1. The molecule has 1 saturated heterocycles. The molecule has 1 unspecified atom stereocenters. The van der Waals surface area contributed by atoms with Crippen LogP contribution in [0.5, 0.6) is 0 Å². The maximum atomic E-state index is 14.0. The zero-order chi connectivity index (χ0) is 13.3. The highest BCUT2D eigenvalue weighted by molar-refractivity contribution is 5.42. The van der Waals surface area contributed by atoms with Crippen molar-refractivity contribution in [1.82, 2.24) is 9.97 Å². The first-order chi connectivity index (χ1) is 8.43. The number of hydrogen-bond acceptors (Lipinski definition) is 5. The molecule has 5 nitrogen and oxygen atoms in total. The minimum absolute atomic E-state index is 0.0917. The summed E-state index contributed by atoms with van der Waals surface area (Å²) in [6.45, 7) is 6.28. The zero-order valence-corrected chi connectivity index (χ0v) is 10.9. The standard InChI is InChI=1S/C12H18FN3O2/c1-8-10(13)11(15-7-14-8)16-4-9(5-17)18-12(2,3)6-16/h7,9,17H,4-6H2,1-3H3. The number of aliphatic hydroxyl groups excluding tert-OH is 1. The highest BCUT2D eigenvalue weighted by Crippen LogP contribution is 2.26.